The Morgan fingerprint density at radius 1 is 1.35 bits per heavy atom. The van der Waals surface area contributed by atoms with Crippen LogP contribution in [0.2, 0.25) is 0 Å². The summed E-state index contributed by atoms with van der Waals surface area (Å²) in [5.41, 5.74) is 2.19. The molecule has 1 aromatic carbocycles. The van der Waals surface area contributed by atoms with Crippen molar-refractivity contribution < 1.29 is 5.11 Å². The SMILES string of the molecule is CN1CCN(c2cc[c]c(NCCO)c2)CC1. The summed E-state index contributed by atoms with van der Waals surface area (Å²) < 4.78 is 0. The van der Waals surface area contributed by atoms with Gasteiger partial charge >= 0.3 is 0 Å². The predicted molar refractivity (Wildman–Crippen MR) is 70.6 cm³/mol. The van der Waals surface area contributed by atoms with Crippen LogP contribution >= 0.6 is 0 Å². The summed E-state index contributed by atoms with van der Waals surface area (Å²) in [6.45, 7) is 5.07. The Hall–Kier alpha value is -1.26. The van der Waals surface area contributed by atoms with E-state index >= 15 is 0 Å². The van der Waals surface area contributed by atoms with Crippen molar-refractivity contribution in [3.63, 3.8) is 0 Å². The molecule has 0 aliphatic carbocycles. The molecular weight excluding hydrogens is 214 g/mol. The van der Waals surface area contributed by atoms with Crippen LogP contribution in [0.25, 0.3) is 0 Å². The highest BCUT2D eigenvalue weighted by atomic mass is 16.3. The topological polar surface area (TPSA) is 38.7 Å². The fourth-order valence-electron chi connectivity index (χ4n) is 2.01. The van der Waals surface area contributed by atoms with Gasteiger partial charge in [0.25, 0.3) is 0 Å². The maximum absolute atomic E-state index is 8.78. The van der Waals surface area contributed by atoms with Crippen molar-refractivity contribution in [1.82, 2.24) is 4.90 Å². The Morgan fingerprint density at radius 2 is 2.12 bits per heavy atom. The Morgan fingerprint density at radius 3 is 2.82 bits per heavy atom. The zero-order valence-electron chi connectivity index (χ0n) is 10.3. The molecule has 0 unspecified atom stereocenters. The van der Waals surface area contributed by atoms with E-state index in [0.29, 0.717) is 6.54 Å². The minimum Gasteiger partial charge on any atom is -0.395 e. The van der Waals surface area contributed by atoms with E-state index in [0.717, 1.165) is 31.9 Å². The molecule has 1 aromatic rings. The van der Waals surface area contributed by atoms with Crippen LogP contribution in [0.4, 0.5) is 11.4 Å². The zero-order valence-corrected chi connectivity index (χ0v) is 10.3. The highest BCUT2D eigenvalue weighted by Gasteiger charge is 2.14. The molecule has 1 fully saturated rings. The van der Waals surface area contributed by atoms with Crippen molar-refractivity contribution in [2.45, 2.75) is 0 Å². The van der Waals surface area contributed by atoms with Crippen LogP contribution in [-0.2, 0) is 0 Å². The van der Waals surface area contributed by atoms with Crippen LogP contribution in [-0.4, -0.2) is 56.4 Å². The highest BCUT2D eigenvalue weighted by molar-refractivity contribution is 5.57. The van der Waals surface area contributed by atoms with Gasteiger partial charge in [-0.25, -0.2) is 0 Å². The lowest BCUT2D eigenvalue weighted by atomic mass is 10.2. The fraction of sp³-hybridized carbons (Fsp3) is 0.538. The quantitative estimate of drug-likeness (QED) is 0.802. The average Bonchev–Trinajstić information content (AvgIpc) is 2.37. The molecular formula is C13H20N3O. The third-order valence-corrected chi connectivity index (χ3v) is 3.08. The second-order valence-corrected chi connectivity index (χ2v) is 4.40. The van der Waals surface area contributed by atoms with Gasteiger partial charge in [-0.1, -0.05) is 6.07 Å². The molecule has 4 nitrogen and oxygen atoms in total. The van der Waals surface area contributed by atoms with Gasteiger partial charge in [0.1, 0.15) is 0 Å². The first kappa shape index (κ1) is 12.2. The summed E-state index contributed by atoms with van der Waals surface area (Å²) in [5, 5.41) is 11.9. The lowest BCUT2D eigenvalue weighted by Crippen LogP contribution is -2.44. The summed E-state index contributed by atoms with van der Waals surface area (Å²) in [7, 11) is 2.16. The molecule has 0 saturated carbocycles. The van der Waals surface area contributed by atoms with Gasteiger partial charge in [0.2, 0.25) is 0 Å². The minimum atomic E-state index is 0.145. The molecule has 0 spiro atoms. The van der Waals surface area contributed by atoms with Crippen molar-refractivity contribution in [3.8, 4) is 0 Å². The van der Waals surface area contributed by atoms with Gasteiger partial charge in [-0.15, -0.1) is 0 Å². The molecule has 1 aliphatic rings. The molecule has 1 saturated heterocycles. The monoisotopic (exact) mass is 234 g/mol. The molecule has 17 heavy (non-hydrogen) atoms. The third-order valence-electron chi connectivity index (χ3n) is 3.08. The second kappa shape index (κ2) is 5.89. The number of rotatable bonds is 4. The number of benzene rings is 1. The van der Waals surface area contributed by atoms with E-state index < -0.39 is 0 Å². The van der Waals surface area contributed by atoms with Crippen molar-refractivity contribution in [2.75, 3.05) is 56.6 Å². The number of likely N-dealkylation sites (N-methyl/N-ethyl adjacent to an activating group) is 1. The molecule has 2 N–H and O–H groups in total. The molecule has 0 amide bonds. The number of nitrogens with zero attached hydrogens (tertiary/aromatic N) is 2. The van der Waals surface area contributed by atoms with Crippen LogP contribution in [0.1, 0.15) is 0 Å². The number of piperazine rings is 1. The summed E-state index contributed by atoms with van der Waals surface area (Å²) in [6.07, 6.45) is 0. The van der Waals surface area contributed by atoms with Crippen molar-refractivity contribution in [3.05, 3.63) is 24.3 Å². The summed E-state index contributed by atoms with van der Waals surface area (Å²) >= 11 is 0. The Kier molecular flexibility index (Phi) is 4.23. The van der Waals surface area contributed by atoms with Gasteiger partial charge in [-0.2, -0.15) is 0 Å². The Bertz CT molecular complexity index is 348. The first-order chi connectivity index (χ1) is 8.29. The van der Waals surface area contributed by atoms with Crippen LogP contribution < -0.4 is 10.2 Å². The average molecular weight is 234 g/mol. The van der Waals surface area contributed by atoms with E-state index in [2.05, 4.69) is 40.4 Å². The lowest BCUT2D eigenvalue weighted by molar-refractivity contribution is 0.311. The molecule has 1 aliphatic heterocycles. The van der Waals surface area contributed by atoms with Crippen molar-refractivity contribution >= 4 is 11.4 Å². The van der Waals surface area contributed by atoms with E-state index in [1.54, 1.807) is 0 Å². The first-order valence-electron chi connectivity index (χ1n) is 6.09. The minimum absolute atomic E-state index is 0.145. The molecule has 0 bridgehead atoms. The largest absolute Gasteiger partial charge is 0.395 e. The van der Waals surface area contributed by atoms with Crippen molar-refractivity contribution in [1.29, 1.82) is 0 Å². The molecule has 4 heteroatoms. The smallest absolute Gasteiger partial charge is 0.0604 e. The number of nitrogens with one attached hydrogen (secondary N) is 1. The van der Waals surface area contributed by atoms with Crippen molar-refractivity contribution in [2.24, 2.45) is 0 Å². The van der Waals surface area contributed by atoms with Gasteiger partial charge in [-0.05, 0) is 19.2 Å². The number of aliphatic hydroxyl groups is 1. The number of anilines is 2. The number of hydrogen-bond acceptors (Lipinski definition) is 4. The Balaban J connectivity index is 2.00. The fourth-order valence-corrected chi connectivity index (χ4v) is 2.01. The molecule has 1 heterocycles. The maximum atomic E-state index is 8.78. The van der Waals surface area contributed by atoms with E-state index in [4.69, 9.17) is 5.11 Å². The highest BCUT2D eigenvalue weighted by Crippen LogP contribution is 2.20. The van der Waals surface area contributed by atoms with Gasteiger partial charge in [0.05, 0.1) is 6.61 Å². The summed E-state index contributed by atoms with van der Waals surface area (Å²) in [6, 6.07) is 9.26. The van der Waals surface area contributed by atoms with Gasteiger partial charge in [0.15, 0.2) is 0 Å². The normalized spacial score (nSPS) is 17.2. The predicted octanol–water partition coefficient (Wildman–Crippen LogP) is 0.643. The zero-order chi connectivity index (χ0) is 12.1. The second-order valence-electron chi connectivity index (χ2n) is 4.40. The van der Waals surface area contributed by atoms with Crippen LogP contribution in [0.15, 0.2) is 18.2 Å². The number of aliphatic hydroxyl groups excluding tert-OH is 1. The molecule has 2 rings (SSSR count). The lowest BCUT2D eigenvalue weighted by Gasteiger charge is -2.34. The molecule has 0 atom stereocenters. The maximum Gasteiger partial charge on any atom is 0.0604 e. The van der Waals surface area contributed by atoms with Gasteiger partial charge in [0, 0.05) is 50.2 Å². The van der Waals surface area contributed by atoms with Crippen LogP contribution in [0, 0.1) is 6.07 Å². The molecule has 93 valence electrons. The number of hydrogen-bond donors (Lipinski definition) is 2. The standard InChI is InChI=1S/C13H20N3O/c1-15-6-8-16(9-7-15)13-4-2-3-12(11-13)14-5-10-17/h2,4,11,14,17H,5-10H2,1H3. The van der Waals surface area contributed by atoms with Crippen LogP contribution in [0.5, 0.6) is 0 Å². The molecule has 1 radical (unpaired) electrons. The van der Waals surface area contributed by atoms with E-state index in [9.17, 15) is 0 Å². The summed E-state index contributed by atoms with van der Waals surface area (Å²) in [4.78, 5) is 4.73. The molecule has 0 aromatic heterocycles. The van der Waals surface area contributed by atoms with E-state index in [1.165, 1.54) is 5.69 Å². The van der Waals surface area contributed by atoms with E-state index in [1.807, 2.05) is 6.07 Å². The van der Waals surface area contributed by atoms with Gasteiger partial charge < -0.3 is 20.2 Å². The Labute approximate surface area is 103 Å². The van der Waals surface area contributed by atoms with Gasteiger partial charge in [-0.3, -0.25) is 0 Å². The first-order valence-corrected chi connectivity index (χ1v) is 6.09. The summed E-state index contributed by atoms with van der Waals surface area (Å²) in [5.74, 6) is 0. The third kappa shape index (κ3) is 3.35. The van der Waals surface area contributed by atoms with E-state index in [-0.39, 0.29) is 6.61 Å². The van der Waals surface area contributed by atoms with Crippen LogP contribution in [0.3, 0.4) is 0 Å².